The predicted octanol–water partition coefficient (Wildman–Crippen LogP) is 3.84. The van der Waals surface area contributed by atoms with Gasteiger partial charge in [-0.3, -0.25) is 0 Å². The molecule has 0 bridgehead atoms. The van der Waals surface area contributed by atoms with Crippen molar-refractivity contribution in [1.82, 2.24) is 4.98 Å². The molecule has 0 atom stereocenters. The number of nitrogens with two attached hydrogens (primary N) is 1. The Balaban J connectivity index is 2.07. The van der Waals surface area contributed by atoms with Gasteiger partial charge < -0.3 is 5.73 Å². The third-order valence-corrected chi connectivity index (χ3v) is 5.33. The fourth-order valence-electron chi connectivity index (χ4n) is 2.80. The number of rotatable bonds is 1. The zero-order chi connectivity index (χ0) is 12.7. The van der Waals surface area contributed by atoms with Gasteiger partial charge in [0.15, 0.2) is 0 Å². The minimum atomic E-state index is -0.152. The highest BCUT2D eigenvalue weighted by Crippen LogP contribution is 2.44. The molecular formula is C14H24N2S. The van der Waals surface area contributed by atoms with E-state index in [1.807, 2.05) is 6.92 Å². The average molecular weight is 252 g/mol. The third-order valence-electron chi connectivity index (χ3n) is 4.15. The van der Waals surface area contributed by atoms with Crippen molar-refractivity contribution < 1.29 is 0 Å². The summed E-state index contributed by atoms with van der Waals surface area (Å²) in [5, 5.41) is 3.25. The van der Waals surface area contributed by atoms with Crippen LogP contribution in [-0.2, 0) is 5.54 Å². The second-order valence-corrected chi connectivity index (χ2v) is 7.45. The topological polar surface area (TPSA) is 38.9 Å². The lowest BCUT2D eigenvalue weighted by atomic mass is 9.68. The summed E-state index contributed by atoms with van der Waals surface area (Å²) < 4.78 is 0. The molecule has 1 aliphatic carbocycles. The van der Waals surface area contributed by atoms with Crippen LogP contribution in [0.2, 0.25) is 0 Å². The highest BCUT2D eigenvalue weighted by molar-refractivity contribution is 7.09. The van der Waals surface area contributed by atoms with Crippen molar-refractivity contribution in [2.75, 3.05) is 0 Å². The van der Waals surface area contributed by atoms with Crippen LogP contribution >= 0.6 is 11.3 Å². The smallest absolute Gasteiger partial charge is 0.113 e. The van der Waals surface area contributed by atoms with E-state index in [-0.39, 0.29) is 5.54 Å². The molecule has 2 nitrogen and oxygen atoms in total. The molecular weight excluding hydrogens is 228 g/mol. The monoisotopic (exact) mass is 252 g/mol. The van der Waals surface area contributed by atoms with Crippen LogP contribution in [0.1, 0.15) is 57.2 Å². The van der Waals surface area contributed by atoms with Gasteiger partial charge in [-0.1, -0.05) is 20.8 Å². The molecule has 1 fully saturated rings. The molecule has 0 radical (unpaired) electrons. The van der Waals surface area contributed by atoms with Gasteiger partial charge in [0, 0.05) is 11.1 Å². The molecule has 0 aromatic carbocycles. The summed E-state index contributed by atoms with van der Waals surface area (Å²) >= 11 is 1.73. The van der Waals surface area contributed by atoms with Crippen molar-refractivity contribution in [3.63, 3.8) is 0 Å². The molecule has 17 heavy (non-hydrogen) atoms. The number of aryl methyl sites for hydroxylation is 1. The molecule has 2 N–H and O–H groups in total. The number of thiazole rings is 1. The highest BCUT2D eigenvalue weighted by Gasteiger charge is 2.38. The standard InChI is InChI=1S/C14H24N2S/c1-10-9-17-12(16-10)14(15)7-5-11(6-8-14)13(2,3)4/h9,11H,5-8,15H2,1-4H3. The Morgan fingerprint density at radius 1 is 1.35 bits per heavy atom. The highest BCUT2D eigenvalue weighted by atomic mass is 32.1. The lowest BCUT2D eigenvalue weighted by Gasteiger charge is -2.41. The van der Waals surface area contributed by atoms with E-state index in [1.165, 1.54) is 12.8 Å². The van der Waals surface area contributed by atoms with Crippen molar-refractivity contribution in [2.24, 2.45) is 17.1 Å². The third kappa shape index (κ3) is 2.71. The number of aromatic nitrogens is 1. The second kappa shape index (κ2) is 4.36. The molecule has 1 aliphatic rings. The van der Waals surface area contributed by atoms with Crippen molar-refractivity contribution in [3.05, 3.63) is 16.1 Å². The summed E-state index contributed by atoms with van der Waals surface area (Å²) in [6.07, 6.45) is 4.64. The minimum absolute atomic E-state index is 0.152. The van der Waals surface area contributed by atoms with Gasteiger partial charge in [-0.15, -0.1) is 11.3 Å². The van der Waals surface area contributed by atoms with Crippen molar-refractivity contribution >= 4 is 11.3 Å². The number of hydrogen-bond donors (Lipinski definition) is 1. The molecule has 1 heterocycles. The molecule has 0 unspecified atom stereocenters. The van der Waals surface area contributed by atoms with Crippen molar-refractivity contribution in [3.8, 4) is 0 Å². The van der Waals surface area contributed by atoms with Crippen LogP contribution < -0.4 is 5.73 Å². The Kier molecular flexibility index (Phi) is 3.34. The van der Waals surface area contributed by atoms with E-state index in [9.17, 15) is 0 Å². The van der Waals surface area contributed by atoms with E-state index in [0.29, 0.717) is 5.41 Å². The van der Waals surface area contributed by atoms with Gasteiger partial charge in [0.05, 0.1) is 5.54 Å². The SMILES string of the molecule is Cc1csc(C2(N)CCC(C(C)(C)C)CC2)n1. The number of nitrogens with zero attached hydrogens (tertiary/aromatic N) is 1. The van der Waals surface area contributed by atoms with Gasteiger partial charge in [0.1, 0.15) is 5.01 Å². The molecule has 1 aromatic heterocycles. The molecule has 3 heteroatoms. The van der Waals surface area contributed by atoms with Gasteiger partial charge in [0.2, 0.25) is 0 Å². The van der Waals surface area contributed by atoms with E-state index in [2.05, 4.69) is 31.1 Å². The van der Waals surface area contributed by atoms with Gasteiger partial charge >= 0.3 is 0 Å². The lowest BCUT2D eigenvalue weighted by Crippen LogP contribution is -2.42. The Labute approximate surface area is 109 Å². The molecule has 0 spiro atoms. The first-order chi connectivity index (χ1) is 7.81. The maximum absolute atomic E-state index is 6.55. The van der Waals surface area contributed by atoms with Crippen LogP contribution in [0.15, 0.2) is 5.38 Å². The molecule has 0 aliphatic heterocycles. The van der Waals surface area contributed by atoms with Crippen molar-refractivity contribution in [2.45, 2.75) is 58.9 Å². The molecule has 1 aromatic rings. The summed E-state index contributed by atoms with van der Waals surface area (Å²) in [6, 6.07) is 0. The Morgan fingerprint density at radius 2 is 1.94 bits per heavy atom. The first-order valence-corrected chi connectivity index (χ1v) is 7.41. The Hall–Kier alpha value is -0.410. The summed E-state index contributed by atoms with van der Waals surface area (Å²) in [6.45, 7) is 9.07. The van der Waals surface area contributed by atoms with Crippen LogP contribution in [0.3, 0.4) is 0 Å². The van der Waals surface area contributed by atoms with Crippen LogP contribution in [0, 0.1) is 18.3 Å². The average Bonchev–Trinajstić information content (AvgIpc) is 2.65. The summed E-state index contributed by atoms with van der Waals surface area (Å²) in [5.74, 6) is 0.806. The maximum atomic E-state index is 6.55. The molecule has 1 saturated carbocycles. The molecule has 0 amide bonds. The van der Waals surface area contributed by atoms with Crippen molar-refractivity contribution in [1.29, 1.82) is 0 Å². The first-order valence-electron chi connectivity index (χ1n) is 6.53. The Bertz CT molecular complexity index is 381. The maximum Gasteiger partial charge on any atom is 0.113 e. The van der Waals surface area contributed by atoms with Crippen LogP contribution in [0.5, 0.6) is 0 Å². The van der Waals surface area contributed by atoms with Gasteiger partial charge in [-0.05, 0) is 43.9 Å². The number of hydrogen-bond acceptors (Lipinski definition) is 3. The van der Waals surface area contributed by atoms with E-state index in [0.717, 1.165) is 29.5 Å². The quantitative estimate of drug-likeness (QED) is 0.824. The first kappa shape index (κ1) is 13.0. The zero-order valence-corrected chi connectivity index (χ0v) is 12.2. The van der Waals surface area contributed by atoms with Gasteiger partial charge in [0.25, 0.3) is 0 Å². The summed E-state index contributed by atoms with van der Waals surface area (Å²) in [4.78, 5) is 4.59. The predicted molar refractivity (Wildman–Crippen MR) is 74.1 cm³/mol. The minimum Gasteiger partial charge on any atom is -0.319 e. The van der Waals surface area contributed by atoms with Crippen LogP contribution in [-0.4, -0.2) is 4.98 Å². The van der Waals surface area contributed by atoms with E-state index in [1.54, 1.807) is 11.3 Å². The fourth-order valence-corrected chi connectivity index (χ4v) is 3.77. The molecule has 2 rings (SSSR count). The van der Waals surface area contributed by atoms with Crippen LogP contribution in [0.4, 0.5) is 0 Å². The second-order valence-electron chi connectivity index (χ2n) is 6.59. The van der Waals surface area contributed by atoms with E-state index in [4.69, 9.17) is 5.73 Å². The van der Waals surface area contributed by atoms with Crippen LogP contribution in [0.25, 0.3) is 0 Å². The molecule has 0 saturated heterocycles. The Morgan fingerprint density at radius 3 is 2.35 bits per heavy atom. The lowest BCUT2D eigenvalue weighted by molar-refractivity contribution is 0.134. The summed E-state index contributed by atoms with van der Waals surface area (Å²) in [5.41, 5.74) is 7.92. The van der Waals surface area contributed by atoms with E-state index >= 15 is 0 Å². The summed E-state index contributed by atoms with van der Waals surface area (Å²) in [7, 11) is 0. The molecule has 96 valence electrons. The van der Waals surface area contributed by atoms with Gasteiger partial charge in [-0.2, -0.15) is 0 Å². The fraction of sp³-hybridized carbons (Fsp3) is 0.786. The normalized spacial score (nSPS) is 30.5. The largest absolute Gasteiger partial charge is 0.319 e. The zero-order valence-electron chi connectivity index (χ0n) is 11.4. The van der Waals surface area contributed by atoms with E-state index < -0.39 is 0 Å². The van der Waals surface area contributed by atoms with Gasteiger partial charge in [-0.25, -0.2) is 4.98 Å².